The van der Waals surface area contributed by atoms with Crippen molar-refractivity contribution in [2.75, 3.05) is 6.61 Å². The van der Waals surface area contributed by atoms with Crippen LogP contribution in [-0.4, -0.2) is 60.9 Å². The number of esters is 3. The molecular weight excluding hydrogens is 572 g/mol. The van der Waals surface area contributed by atoms with Gasteiger partial charge in [-0.2, -0.15) is 26.3 Å². The van der Waals surface area contributed by atoms with Crippen LogP contribution in [0.5, 0.6) is 0 Å². The number of ether oxygens (including phenoxy) is 3. The molecule has 0 aromatic heterocycles. The van der Waals surface area contributed by atoms with E-state index in [0.717, 1.165) is 12.8 Å². The molecule has 5 saturated carbocycles. The van der Waals surface area contributed by atoms with Crippen molar-refractivity contribution < 1.29 is 63.7 Å². The maximum Gasteiger partial charge on any atom is 0.381 e. The molecule has 13 unspecified atom stereocenters. The van der Waals surface area contributed by atoms with Crippen LogP contribution in [0.3, 0.4) is 0 Å². The number of fused-ring (bicyclic) bond motifs is 10. The fourth-order valence-electron chi connectivity index (χ4n) is 9.71. The summed E-state index contributed by atoms with van der Waals surface area (Å²) in [6.07, 6.45) is 0.216. The monoisotopic (exact) mass is 598 g/mol. The number of carbonyl (C=O) groups is 3. The van der Waals surface area contributed by atoms with E-state index in [1.165, 1.54) is 0 Å². The van der Waals surface area contributed by atoms with E-state index in [1.54, 1.807) is 0 Å². The topological polar surface area (TPSA) is 78.9 Å². The predicted molar refractivity (Wildman–Crippen MR) is 118 cm³/mol. The Hall–Kier alpha value is -2.41. The van der Waals surface area contributed by atoms with Gasteiger partial charge < -0.3 is 14.2 Å². The average Bonchev–Trinajstić information content (AvgIpc) is 3.74. The van der Waals surface area contributed by atoms with Gasteiger partial charge in [0, 0.05) is 11.8 Å². The van der Waals surface area contributed by atoms with Crippen molar-refractivity contribution in [3.05, 3.63) is 12.2 Å². The van der Waals surface area contributed by atoms with E-state index in [9.17, 15) is 49.5 Å². The summed E-state index contributed by atoms with van der Waals surface area (Å²) in [6, 6.07) is 0. The molecule has 1 aliphatic heterocycles. The van der Waals surface area contributed by atoms with Crippen molar-refractivity contribution in [3.63, 3.8) is 0 Å². The van der Waals surface area contributed by atoms with Crippen LogP contribution in [0.25, 0.3) is 0 Å². The van der Waals surface area contributed by atoms with E-state index in [-0.39, 0.29) is 18.3 Å². The molecule has 14 heteroatoms. The standard InChI is InChI=1S/C27H26F8O6/c28-24(29)26(32,33)27(34,35)25(30,31)7-39-22(37)17-13-6-14-18(17)23(38)41-20(14)19(13)40-21(36)12-5-10-4-11(12)16-9-2-1-8(3-9)15(10)16/h1-2,8-20,24H,3-7H2. The first-order chi connectivity index (χ1) is 19.2. The van der Waals surface area contributed by atoms with Crippen LogP contribution in [-0.2, 0) is 28.6 Å². The number of carbonyl (C=O) groups excluding carboxylic acids is 3. The quantitative estimate of drug-likeness (QED) is 0.135. The van der Waals surface area contributed by atoms with Crippen molar-refractivity contribution in [1.29, 1.82) is 0 Å². The molecule has 6 aliphatic carbocycles. The maximum atomic E-state index is 14.0. The predicted octanol–water partition coefficient (Wildman–Crippen LogP) is 4.51. The van der Waals surface area contributed by atoms with E-state index in [2.05, 4.69) is 16.9 Å². The zero-order valence-corrected chi connectivity index (χ0v) is 21.2. The van der Waals surface area contributed by atoms with Gasteiger partial charge in [0.2, 0.25) is 0 Å². The van der Waals surface area contributed by atoms with Gasteiger partial charge in [0.15, 0.2) is 6.61 Å². The second-order valence-electron chi connectivity index (χ2n) is 12.8. The molecule has 6 bridgehead atoms. The number of alkyl halides is 8. The largest absolute Gasteiger partial charge is 0.459 e. The minimum absolute atomic E-state index is 0.130. The maximum absolute atomic E-state index is 14.0. The Bertz CT molecular complexity index is 1210. The molecule has 0 aromatic carbocycles. The van der Waals surface area contributed by atoms with Gasteiger partial charge in [-0.15, -0.1) is 0 Å². The summed E-state index contributed by atoms with van der Waals surface area (Å²) < 4.78 is 122. The Balaban J connectivity index is 1.04. The zero-order valence-electron chi connectivity index (χ0n) is 21.2. The molecule has 0 N–H and O–H groups in total. The third-order valence-corrected chi connectivity index (χ3v) is 11.2. The van der Waals surface area contributed by atoms with Crippen LogP contribution in [0.4, 0.5) is 35.1 Å². The molecule has 0 spiro atoms. The van der Waals surface area contributed by atoms with E-state index < -0.39 is 84.6 Å². The van der Waals surface area contributed by atoms with Crippen LogP contribution >= 0.6 is 0 Å². The molecule has 0 amide bonds. The first-order valence-corrected chi connectivity index (χ1v) is 13.8. The lowest BCUT2D eigenvalue weighted by molar-refractivity contribution is -0.344. The van der Waals surface area contributed by atoms with E-state index >= 15 is 0 Å². The minimum Gasteiger partial charge on any atom is -0.459 e. The van der Waals surface area contributed by atoms with Gasteiger partial charge in [0.25, 0.3) is 0 Å². The van der Waals surface area contributed by atoms with Gasteiger partial charge in [-0.1, -0.05) is 12.2 Å². The summed E-state index contributed by atoms with van der Waals surface area (Å²) in [5, 5.41) is 0. The highest BCUT2D eigenvalue weighted by molar-refractivity contribution is 5.86. The highest BCUT2D eigenvalue weighted by atomic mass is 19.4. The summed E-state index contributed by atoms with van der Waals surface area (Å²) in [6.45, 7) is -2.62. The van der Waals surface area contributed by atoms with Crippen LogP contribution in [0.2, 0.25) is 0 Å². The van der Waals surface area contributed by atoms with Crippen LogP contribution in [0.1, 0.15) is 25.7 Å². The molecule has 41 heavy (non-hydrogen) atoms. The first kappa shape index (κ1) is 27.4. The number of rotatable bonds is 8. The lowest BCUT2D eigenvalue weighted by Gasteiger charge is -2.37. The summed E-state index contributed by atoms with van der Waals surface area (Å²) in [5.74, 6) is -23.8. The molecule has 226 valence electrons. The Labute approximate surface area is 228 Å². The molecule has 6 fully saturated rings. The fraction of sp³-hybridized carbons (Fsp3) is 0.815. The summed E-state index contributed by atoms with van der Waals surface area (Å²) in [4.78, 5) is 38.8. The molecule has 13 atom stereocenters. The van der Waals surface area contributed by atoms with Crippen molar-refractivity contribution in [2.24, 2.45) is 65.1 Å². The number of halogens is 8. The SMILES string of the molecule is O=C(OC1C2CC3C1OC(=O)C3C2C(=O)OCC(F)(F)C(F)(F)C(F)(F)C(F)F)C1CC2CC1C1C3C=CC(C3)C21. The van der Waals surface area contributed by atoms with Crippen molar-refractivity contribution in [3.8, 4) is 0 Å². The van der Waals surface area contributed by atoms with Gasteiger partial charge in [-0.3, -0.25) is 14.4 Å². The molecule has 0 aromatic rings. The fourth-order valence-corrected chi connectivity index (χ4v) is 9.71. The lowest BCUT2D eigenvalue weighted by Crippen LogP contribution is -2.59. The highest BCUT2D eigenvalue weighted by Crippen LogP contribution is 2.67. The average molecular weight is 598 g/mol. The van der Waals surface area contributed by atoms with Gasteiger partial charge in [0.1, 0.15) is 12.2 Å². The van der Waals surface area contributed by atoms with Gasteiger partial charge in [0.05, 0.1) is 17.8 Å². The third-order valence-electron chi connectivity index (χ3n) is 11.2. The van der Waals surface area contributed by atoms with Crippen LogP contribution in [0, 0.1) is 65.1 Å². The number of allylic oxidation sites excluding steroid dienone is 2. The molecule has 1 saturated heterocycles. The van der Waals surface area contributed by atoms with Gasteiger partial charge in [-0.25, -0.2) is 8.78 Å². The molecule has 0 radical (unpaired) electrons. The smallest absolute Gasteiger partial charge is 0.381 e. The van der Waals surface area contributed by atoms with E-state index in [0.29, 0.717) is 36.0 Å². The Morgan fingerprint density at radius 2 is 1.59 bits per heavy atom. The van der Waals surface area contributed by atoms with Crippen molar-refractivity contribution in [2.45, 2.75) is 62.1 Å². The van der Waals surface area contributed by atoms with Gasteiger partial charge >= 0.3 is 42.1 Å². The summed E-state index contributed by atoms with van der Waals surface area (Å²) >= 11 is 0. The lowest BCUT2D eigenvalue weighted by atomic mass is 9.69. The molecular formula is C27H26F8O6. The highest BCUT2D eigenvalue weighted by Gasteiger charge is 2.76. The minimum atomic E-state index is -6.53. The summed E-state index contributed by atoms with van der Waals surface area (Å²) in [5.41, 5.74) is 0. The second-order valence-corrected chi connectivity index (χ2v) is 12.8. The van der Waals surface area contributed by atoms with Crippen LogP contribution < -0.4 is 0 Å². The Morgan fingerprint density at radius 1 is 0.902 bits per heavy atom. The summed E-state index contributed by atoms with van der Waals surface area (Å²) in [7, 11) is 0. The number of hydrogen-bond acceptors (Lipinski definition) is 6. The Morgan fingerprint density at radius 3 is 2.27 bits per heavy atom. The molecule has 6 nitrogen and oxygen atoms in total. The normalized spacial score (nSPS) is 45.1. The zero-order chi connectivity index (χ0) is 29.4. The second kappa shape index (κ2) is 8.58. The van der Waals surface area contributed by atoms with Crippen molar-refractivity contribution in [1.82, 2.24) is 0 Å². The van der Waals surface area contributed by atoms with Crippen LogP contribution in [0.15, 0.2) is 12.2 Å². The Kier molecular flexibility index (Phi) is 5.74. The van der Waals surface area contributed by atoms with E-state index in [4.69, 9.17) is 9.47 Å². The molecule has 1 heterocycles. The van der Waals surface area contributed by atoms with Gasteiger partial charge in [-0.05, 0) is 61.2 Å². The molecule has 7 rings (SSSR count). The third kappa shape index (κ3) is 3.50. The first-order valence-electron chi connectivity index (χ1n) is 13.8. The molecule has 7 aliphatic rings. The number of hydrogen-bond donors (Lipinski definition) is 0. The van der Waals surface area contributed by atoms with Crippen molar-refractivity contribution >= 4 is 17.9 Å². The van der Waals surface area contributed by atoms with E-state index in [1.807, 2.05) is 0 Å².